The van der Waals surface area contributed by atoms with E-state index in [1.165, 1.54) is 0 Å². The molecule has 2 atom stereocenters. The second-order valence-electron chi connectivity index (χ2n) is 6.70. The lowest BCUT2D eigenvalue weighted by molar-refractivity contribution is 0.0694. The van der Waals surface area contributed by atoms with E-state index in [-0.39, 0.29) is 35.6 Å². The molecular formula is C17H18FN3O4. The number of carbonyl (C=O) groups is 1. The number of nitrogens with two attached hydrogens (primary N) is 1. The molecule has 0 saturated carbocycles. The third kappa shape index (κ3) is 2.28. The van der Waals surface area contributed by atoms with Gasteiger partial charge in [-0.15, -0.1) is 0 Å². The van der Waals surface area contributed by atoms with Crippen molar-refractivity contribution in [3.8, 4) is 5.75 Å². The first-order chi connectivity index (χ1) is 11.9. The lowest BCUT2D eigenvalue weighted by atomic mass is 9.93. The van der Waals surface area contributed by atoms with E-state index in [0.29, 0.717) is 24.2 Å². The minimum atomic E-state index is -1.18. The zero-order valence-electron chi connectivity index (χ0n) is 13.7. The van der Waals surface area contributed by atoms with Crippen LogP contribution in [0.25, 0.3) is 5.52 Å². The number of rotatable bonds is 2. The first-order valence-corrected chi connectivity index (χ1v) is 8.17. The molecule has 0 bridgehead atoms. The van der Waals surface area contributed by atoms with E-state index in [1.54, 1.807) is 4.90 Å². The Morgan fingerprint density at radius 1 is 1.48 bits per heavy atom. The van der Waals surface area contributed by atoms with Gasteiger partial charge in [0.25, 0.3) is 5.56 Å². The number of anilines is 1. The van der Waals surface area contributed by atoms with Crippen LogP contribution in [0.15, 0.2) is 17.1 Å². The highest BCUT2D eigenvalue weighted by Crippen LogP contribution is 2.43. The maximum absolute atomic E-state index is 14.8. The normalized spacial score (nSPS) is 22.3. The molecule has 25 heavy (non-hydrogen) atoms. The molecule has 8 heteroatoms. The molecule has 7 nitrogen and oxygen atoms in total. The number of carboxylic acid groups (broad SMARTS) is 1. The summed E-state index contributed by atoms with van der Waals surface area (Å²) >= 11 is 0. The fourth-order valence-corrected chi connectivity index (χ4v) is 3.78. The summed E-state index contributed by atoms with van der Waals surface area (Å²) in [6.07, 6.45) is 1.84. The summed E-state index contributed by atoms with van der Waals surface area (Å²) in [5.41, 5.74) is 6.36. The van der Waals surface area contributed by atoms with E-state index in [1.807, 2.05) is 6.92 Å². The summed E-state index contributed by atoms with van der Waals surface area (Å²) in [5, 5.41) is 9.49. The summed E-state index contributed by atoms with van der Waals surface area (Å²) < 4.78 is 21.7. The number of hydrogen-bond acceptors (Lipinski definition) is 5. The topological polar surface area (TPSA) is 97.3 Å². The van der Waals surface area contributed by atoms with Crippen molar-refractivity contribution in [1.29, 1.82) is 0 Å². The Kier molecular flexibility index (Phi) is 3.47. The Morgan fingerprint density at radius 2 is 2.24 bits per heavy atom. The van der Waals surface area contributed by atoms with Crippen molar-refractivity contribution in [3.63, 3.8) is 0 Å². The molecule has 0 aliphatic carbocycles. The van der Waals surface area contributed by atoms with Crippen LogP contribution in [0.3, 0.4) is 0 Å². The quantitative estimate of drug-likeness (QED) is 0.846. The van der Waals surface area contributed by atoms with E-state index in [9.17, 15) is 19.1 Å². The van der Waals surface area contributed by atoms with Gasteiger partial charge in [0.15, 0.2) is 11.6 Å². The largest absolute Gasteiger partial charge is 0.488 e. The van der Waals surface area contributed by atoms with E-state index in [4.69, 9.17) is 10.5 Å². The van der Waals surface area contributed by atoms with E-state index >= 15 is 0 Å². The van der Waals surface area contributed by atoms with Crippen LogP contribution in [0.1, 0.15) is 35.2 Å². The van der Waals surface area contributed by atoms with Crippen LogP contribution in [-0.4, -0.2) is 41.2 Å². The van der Waals surface area contributed by atoms with Gasteiger partial charge in [-0.25, -0.2) is 9.18 Å². The van der Waals surface area contributed by atoms with Crippen molar-refractivity contribution < 1.29 is 19.0 Å². The predicted octanol–water partition coefficient (Wildman–Crippen LogP) is 1.17. The molecule has 1 fully saturated rings. The molecule has 0 amide bonds. The number of aromatic carboxylic acids is 1. The zero-order chi connectivity index (χ0) is 17.9. The van der Waals surface area contributed by atoms with Crippen LogP contribution in [-0.2, 0) is 0 Å². The number of halogens is 1. The lowest BCUT2D eigenvalue weighted by Gasteiger charge is -2.30. The van der Waals surface area contributed by atoms with Gasteiger partial charge in [-0.05, 0) is 6.42 Å². The molecule has 4 heterocycles. The second kappa shape index (κ2) is 5.45. The van der Waals surface area contributed by atoms with Crippen LogP contribution in [0.5, 0.6) is 5.75 Å². The van der Waals surface area contributed by atoms with Gasteiger partial charge in [0.05, 0.1) is 23.9 Å². The first kappa shape index (κ1) is 15.9. The Hall–Kier alpha value is -2.61. The molecule has 2 aromatic heterocycles. The monoisotopic (exact) mass is 347 g/mol. The van der Waals surface area contributed by atoms with E-state index in [2.05, 4.69) is 0 Å². The fraction of sp³-hybridized carbons (Fsp3) is 0.412. The van der Waals surface area contributed by atoms with Crippen molar-refractivity contribution in [2.75, 3.05) is 24.6 Å². The zero-order valence-corrected chi connectivity index (χ0v) is 13.7. The van der Waals surface area contributed by atoms with Gasteiger partial charge in [-0.2, -0.15) is 0 Å². The summed E-state index contributed by atoms with van der Waals surface area (Å²) in [5.74, 6) is -1.76. The molecule has 0 aromatic carbocycles. The van der Waals surface area contributed by atoms with Gasteiger partial charge < -0.3 is 20.5 Å². The first-order valence-electron chi connectivity index (χ1n) is 8.17. The molecule has 2 aliphatic rings. The van der Waals surface area contributed by atoms with Crippen LogP contribution in [0.2, 0.25) is 0 Å². The van der Waals surface area contributed by atoms with Gasteiger partial charge in [-0.1, -0.05) is 6.92 Å². The standard InChI is InChI=1S/C17H18FN3O4/c1-8-7-25-16-14(20-3-2-9(19)5-20)11(18)6-21-12(22)4-10(17(23)24)13(8)15(16)21/h4,6,8-9H,2-3,5,7,19H2,1H3,(H,23,24)/t8-,9?/m0/s1. The smallest absolute Gasteiger partial charge is 0.336 e. The van der Waals surface area contributed by atoms with Crippen molar-refractivity contribution >= 4 is 17.2 Å². The Bertz CT molecular complexity index is 955. The van der Waals surface area contributed by atoms with Crippen LogP contribution in [0.4, 0.5) is 10.1 Å². The number of carboxylic acids is 1. The van der Waals surface area contributed by atoms with Crippen molar-refractivity contribution in [2.45, 2.75) is 25.3 Å². The molecule has 0 spiro atoms. The van der Waals surface area contributed by atoms with Gasteiger partial charge in [0.2, 0.25) is 0 Å². The average molecular weight is 347 g/mol. The maximum atomic E-state index is 14.8. The third-order valence-electron chi connectivity index (χ3n) is 4.93. The van der Waals surface area contributed by atoms with Gasteiger partial charge >= 0.3 is 5.97 Å². The van der Waals surface area contributed by atoms with Crippen LogP contribution in [0, 0.1) is 5.82 Å². The highest BCUT2D eigenvalue weighted by atomic mass is 19.1. The van der Waals surface area contributed by atoms with Gasteiger partial charge in [0.1, 0.15) is 5.69 Å². The van der Waals surface area contributed by atoms with Gasteiger partial charge in [-0.3, -0.25) is 9.20 Å². The predicted molar refractivity (Wildman–Crippen MR) is 89.3 cm³/mol. The Labute approximate surface area is 142 Å². The number of pyridine rings is 2. The van der Waals surface area contributed by atoms with E-state index < -0.39 is 17.3 Å². The van der Waals surface area contributed by atoms with Gasteiger partial charge in [0, 0.05) is 36.7 Å². The summed E-state index contributed by atoms with van der Waals surface area (Å²) in [7, 11) is 0. The molecule has 2 aromatic rings. The molecule has 0 radical (unpaired) electrons. The molecule has 1 unspecified atom stereocenters. The molecule has 3 N–H and O–H groups in total. The lowest BCUT2D eigenvalue weighted by Crippen LogP contribution is -2.30. The van der Waals surface area contributed by atoms with Crippen molar-refractivity contribution in [1.82, 2.24) is 4.40 Å². The number of nitrogens with zero attached hydrogens (tertiary/aromatic N) is 2. The van der Waals surface area contributed by atoms with Crippen molar-refractivity contribution in [3.05, 3.63) is 39.6 Å². The number of ether oxygens (including phenoxy) is 1. The fourth-order valence-electron chi connectivity index (χ4n) is 3.78. The summed E-state index contributed by atoms with van der Waals surface area (Å²) in [6, 6.07) is 0.985. The third-order valence-corrected chi connectivity index (χ3v) is 4.93. The molecule has 1 saturated heterocycles. The second-order valence-corrected chi connectivity index (χ2v) is 6.70. The molecule has 132 valence electrons. The molecule has 2 aliphatic heterocycles. The minimum Gasteiger partial charge on any atom is -0.488 e. The number of aromatic nitrogens is 1. The summed E-state index contributed by atoms with van der Waals surface area (Å²) in [6.45, 7) is 3.11. The Balaban J connectivity index is 2.09. The SMILES string of the molecule is C[C@H]1COc2c(N3CCC(N)C3)c(F)cn3c(=O)cc(C(=O)O)c1c23. The van der Waals surface area contributed by atoms with Crippen LogP contribution >= 0.6 is 0 Å². The maximum Gasteiger partial charge on any atom is 0.336 e. The average Bonchev–Trinajstić information content (AvgIpc) is 2.97. The Morgan fingerprint density at radius 3 is 2.88 bits per heavy atom. The molecule has 4 rings (SSSR count). The van der Waals surface area contributed by atoms with E-state index in [0.717, 1.165) is 23.1 Å². The molecular weight excluding hydrogens is 329 g/mol. The highest BCUT2D eigenvalue weighted by Gasteiger charge is 2.33. The van der Waals surface area contributed by atoms with Crippen molar-refractivity contribution in [2.24, 2.45) is 5.73 Å². The van der Waals surface area contributed by atoms with Crippen LogP contribution < -0.4 is 20.9 Å². The summed E-state index contributed by atoms with van der Waals surface area (Å²) in [4.78, 5) is 25.8. The minimum absolute atomic E-state index is 0.0577. The highest BCUT2D eigenvalue weighted by molar-refractivity contribution is 5.94. The number of hydrogen-bond donors (Lipinski definition) is 2.